The van der Waals surface area contributed by atoms with Crippen LogP contribution in [0, 0.1) is 6.92 Å². The molecule has 0 fully saturated rings. The lowest BCUT2D eigenvalue weighted by atomic mass is 10.2. The fourth-order valence-electron chi connectivity index (χ4n) is 3.08. The fraction of sp³-hybridized carbons (Fsp3) is 0.318. The second-order valence-electron chi connectivity index (χ2n) is 7.53. The number of aromatic carboxylic acids is 1. The minimum absolute atomic E-state index is 0.0282. The Kier molecular flexibility index (Phi) is 7.75. The van der Waals surface area contributed by atoms with Crippen molar-refractivity contribution in [1.82, 2.24) is 14.5 Å². The van der Waals surface area contributed by atoms with Gasteiger partial charge in [-0.3, -0.25) is 4.79 Å². The Labute approximate surface area is 201 Å². The van der Waals surface area contributed by atoms with E-state index >= 15 is 0 Å². The van der Waals surface area contributed by atoms with Crippen molar-refractivity contribution in [2.24, 2.45) is 0 Å². The highest BCUT2D eigenvalue weighted by Crippen LogP contribution is 2.34. The van der Waals surface area contributed by atoms with Crippen LogP contribution in [-0.4, -0.2) is 41.2 Å². The van der Waals surface area contributed by atoms with Gasteiger partial charge in [0.1, 0.15) is 10.6 Å². The Morgan fingerprint density at radius 3 is 2.59 bits per heavy atom. The number of thiophene rings is 1. The monoisotopic (exact) mass is 506 g/mol. The number of amides is 1. The summed E-state index contributed by atoms with van der Waals surface area (Å²) in [6.07, 6.45) is 0.563. The van der Waals surface area contributed by atoms with Crippen LogP contribution in [0.3, 0.4) is 0 Å². The number of sulfonamides is 1. The molecule has 0 spiro atoms. The first-order valence-corrected chi connectivity index (χ1v) is 12.9. The molecule has 0 saturated heterocycles. The number of carbonyl (C=O) groups is 2. The molecule has 0 bridgehead atoms. The van der Waals surface area contributed by atoms with Crippen molar-refractivity contribution < 1.29 is 27.9 Å². The van der Waals surface area contributed by atoms with Crippen LogP contribution < -0.4 is 14.8 Å². The molecule has 1 atom stereocenters. The molecular formula is C22H26N4O6S2. The molecule has 182 valence electrons. The summed E-state index contributed by atoms with van der Waals surface area (Å²) >= 11 is 1.26. The van der Waals surface area contributed by atoms with E-state index in [2.05, 4.69) is 15.1 Å². The van der Waals surface area contributed by atoms with E-state index < -0.39 is 16.0 Å². The van der Waals surface area contributed by atoms with Gasteiger partial charge >= 0.3 is 5.97 Å². The molecule has 0 aliphatic heterocycles. The normalized spacial score (nSPS) is 12.4. The van der Waals surface area contributed by atoms with Gasteiger partial charge in [0.2, 0.25) is 15.9 Å². The van der Waals surface area contributed by atoms with E-state index in [9.17, 15) is 23.1 Å². The first kappa shape index (κ1) is 25.4. The predicted molar refractivity (Wildman–Crippen MR) is 128 cm³/mol. The number of carboxylic acid groups (broad SMARTS) is 1. The van der Waals surface area contributed by atoms with Gasteiger partial charge in [-0.25, -0.2) is 22.6 Å². The van der Waals surface area contributed by atoms with Crippen LogP contribution in [0.1, 0.15) is 52.9 Å². The molecule has 0 radical (unpaired) electrons. The molecule has 1 aromatic carbocycles. The average molecular weight is 507 g/mol. The molecule has 10 nitrogen and oxygen atoms in total. The molecule has 0 saturated carbocycles. The Hall–Kier alpha value is -3.22. The third kappa shape index (κ3) is 5.46. The van der Waals surface area contributed by atoms with Gasteiger partial charge in [0.05, 0.1) is 4.88 Å². The zero-order chi connectivity index (χ0) is 25.0. The molecule has 3 rings (SSSR count). The number of benzene rings is 1. The van der Waals surface area contributed by atoms with E-state index in [-0.39, 0.29) is 45.4 Å². The first-order chi connectivity index (χ1) is 16.1. The van der Waals surface area contributed by atoms with Crippen LogP contribution in [0.2, 0.25) is 0 Å². The highest BCUT2D eigenvalue weighted by molar-refractivity contribution is 7.89. The third-order valence-corrected chi connectivity index (χ3v) is 7.52. The summed E-state index contributed by atoms with van der Waals surface area (Å²) in [6.45, 7) is 7.19. The molecule has 1 amide bonds. The summed E-state index contributed by atoms with van der Waals surface area (Å²) in [5.74, 6) is -1.49. The Morgan fingerprint density at radius 2 is 2.00 bits per heavy atom. The number of ether oxygens (including phenoxy) is 1. The van der Waals surface area contributed by atoms with Crippen LogP contribution in [-0.2, 0) is 16.6 Å². The number of carboxylic acids is 1. The molecule has 3 N–H and O–H groups in total. The number of anilines is 1. The van der Waals surface area contributed by atoms with Crippen molar-refractivity contribution in [2.75, 3.05) is 5.32 Å². The van der Waals surface area contributed by atoms with Crippen molar-refractivity contribution in [3.05, 3.63) is 51.8 Å². The number of aryl methyl sites for hydroxylation is 1. The van der Waals surface area contributed by atoms with Crippen molar-refractivity contribution in [3.63, 3.8) is 0 Å². The van der Waals surface area contributed by atoms with E-state index in [0.29, 0.717) is 17.8 Å². The Balaban J connectivity index is 2.06. The molecule has 0 aliphatic rings. The summed E-state index contributed by atoms with van der Waals surface area (Å²) in [7, 11) is -4.05. The van der Waals surface area contributed by atoms with Gasteiger partial charge in [-0.1, -0.05) is 13.0 Å². The third-order valence-electron chi connectivity index (χ3n) is 5.04. The molecule has 2 heterocycles. The molecule has 2 aromatic heterocycles. The number of nitrogens with zero attached hydrogens (tertiary/aromatic N) is 2. The second kappa shape index (κ2) is 10.4. The minimum atomic E-state index is -4.05. The second-order valence-corrected chi connectivity index (χ2v) is 10.2. The van der Waals surface area contributed by atoms with Crippen molar-refractivity contribution in [2.45, 2.75) is 51.6 Å². The van der Waals surface area contributed by atoms with Gasteiger partial charge in [0, 0.05) is 23.8 Å². The highest BCUT2D eigenvalue weighted by atomic mass is 32.2. The molecule has 34 heavy (non-hydrogen) atoms. The molecule has 1 unspecified atom stereocenters. The summed E-state index contributed by atoms with van der Waals surface area (Å²) in [5, 5.41) is 17.9. The van der Waals surface area contributed by atoms with Crippen molar-refractivity contribution in [1.29, 1.82) is 0 Å². The van der Waals surface area contributed by atoms with Crippen LogP contribution in [0.5, 0.6) is 11.6 Å². The number of nitrogens with one attached hydrogen (secondary N) is 2. The van der Waals surface area contributed by atoms with Gasteiger partial charge in [0.15, 0.2) is 5.69 Å². The van der Waals surface area contributed by atoms with Crippen LogP contribution in [0.15, 0.2) is 40.6 Å². The lowest BCUT2D eigenvalue weighted by molar-refractivity contribution is 0.0688. The van der Waals surface area contributed by atoms with E-state index in [1.165, 1.54) is 34.2 Å². The van der Waals surface area contributed by atoms with Gasteiger partial charge in [-0.15, -0.1) is 11.3 Å². The van der Waals surface area contributed by atoms with E-state index in [4.69, 9.17) is 4.74 Å². The number of hydrogen-bond acceptors (Lipinski definition) is 7. The van der Waals surface area contributed by atoms with E-state index in [0.717, 1.165) is 0 Å². The predicted octanol–water partition coefficient (Wildman–Crippen LogP) is 4.09. The van der Waals surface area contributed by atoms with Crippen LogP contribution in [0.4, 0.5) is 5.69 Å². The largest absolute Gasteiger partial charge is 0.476 e. The van der Waals surface area contributed by atoms with Crippen molar-refractivity contribution >= 4 is 38.9 Å². The maximum absolute atomic E-state index is 13.2. The number of rotatable bonds is 10. The summed E-state index contributed by atoms with van der Waals surface area (Å²) in [5.41, 5.74) is 0.351. The molecule has 0 aliphatic carbocycles. The van der Waals surface area contributed by atoms with E-state index in [1.807, 2.05) is 6.92 Å². The standard InChI is InChI=1S/C22H26N4O6S2/c1-5-13(3)25-34(30,31)18-12-15(23-20(27)17-8-7-11-33-17)9-10-16(18)32-21-14(4)19(22(28)29)24-26(21)6-2/h7-13,25H,5-6H2,1-4H3,(H,23,27)(H,28,29). The lowest BCUT2D eigenvalue weighted by Crippen LogP contribution is -2.32. The van der Waals surface area contributed by atoms with E-state index in [1.54, 1.807) is 38.3 Å². The summed E-state index contributed by atoms with van der Waals surface area (Å²) in [6, 6.07) is 7.31. The summed E-state index contributed by atoms with van der Waals surface area (Å²) < 4.78 is 36.3. The quantitative estimate of drug-likeness (QED) is 0.376. The smallest absolute Gasteiger partial charge is 0.356 e. The van der Waals surface area contributed by atoms with Crippen molar-refractivity contribution in [3.8, 4) is 11.6 Å². The van der Waals surface area contributed by atoms with Gasteiger partial charge in [0.25, 0.3) is 5.91 Å². The number of carbonyl (C=O) groups excluding carboxylic acids is 1. The topological polar surface area (TPSA) is 140 Å². The Bertz CT molecular complexity index is 1300. The van der Waals surface area contributed by atoms with Gasteiger partial charge in [-0.05, 0) is 56.8 Å². The lowest BCUT2D eigenvalue weighted by Gasteiger charge is -2.17. The molecule has 3 aromatic rings. The fourth-order valence-corrected chi connectivity index (χ4v) is 5.18. The highest BCUT2D eigenvalue weighted by Gasteiger charge is 2.26. The zero-order valence-electron chi connectivity index (χ0n) is 19.2. The maximum Gasteiger partial charge on any atom is 0.356 e. The van der Waals surface area contributed by atoms with Crippen LogP contribution >= 0.6 is 11.3 Å². The molecule has 12 heteroatoms. The first-order valence-electron chi connectivity index (χ1n) is 10.6. The average Bonchev–Trinajstić information content (AvgIpc) is 3.43. The number of hydrogen-bond donors (Lipinski definition) is 3. The Morgan fingerprint density at radius 1 is 1.26 bits per heavy atom. The van der Waals surface area contributed by atoms with Gasteiger partial charge in [-0.2, -0.15) is 5.10 Å². The SMILES string of the molecule is CCC(C)NS(=O)(=O)c1cc(NC(=O)c2cccs2)ccc1Oc1c(C)c(C(=O)O)nn1CC. The van der Waals surface area contributed by atoms with Gasteiger partial charge < -0.3 is 15.2 Å². The number of aromatic nitrogens is 2. The molecular weight excluding hydrogens is 480 g/mol. The zero-order valence-corrected chi connectivity index (χ0v) is 20.8. The minimum Gasteiger partial charge on any atom is -0.476 e. The maximum atomic E-state index is 13.2. The summed E-state index contributed by atoms with van der Waals surface area (Å²) in [4.78, 5) is 24.3. The van der Waals surface area contributed by atoms with Crippen LogP contribution in [0.25, 0.3) is 0 Å².